The van der Waals surface area contributed by atoms with Crippen LogP contribution in [0.3, 0.4) is 0 Å². The number of nitrogens with two attached hydrogens (primary N) is 2. The van der Waals surface area contributed by atoms with E-state index in [0.29, 0.717) is 11.6 Å². The highest BCUT2D eigenvalue weighted by atomic mass is 15.0. The summed E-state index contributed by atoms with van der Waals surface area (Å²) >= 11 is 0. The van der Waals surface area contributed by atoms with Gasteiger partial charge in [0, 0.05) is 18.9 Å². The van der Waals surface area contributed by atoms with Crippen molar-refractivity contribution in [3.05, 3.63) is 42.0 Å². The van der Waals surface area contributed by atoms with Crippen molar-refractivity contribution >= 4 is 11.4 Å². The molecule has 1 aliphatic carbocycles. The van der Waals surface area contributed by atoms with E-state index < -0.39 is 0 Å². The lowest BCUT2D eigenvalue weighted by atomic mass is 9.86. The van der Waals surface area contributed by atoms with Gasteiger partial charge in [0.2, 0.25) is 0 Å². The second-order valence-electron chi connectivity index (χ2n) is 6.06. The number of hydrogen-bond donors (Lipinski definition) is 2. The highest BCUT2D eigenvalue weighted by Gasteiger charge is 2.21. The molecule has 0 spiro atoms. The molecule has 1 saturated carbocycles. The average Bonchev–Trinajstić information content (AvgIpc) is 2.84. The first-order valence-electron chi connectivity index (χ1n) is 7.88. The zero-order chi connectivity index (χ0) is 14.7. The molecule has 4 N–H and O–H groups in total. The molecule has 112 valence electrons. The van der Waals surface area contributed by atoms with Crippen molar-refractivity contribution in [1.29, 1.82) is 0 Å². The van der Waals surface area contributed by atoms with Crippen molar-refractivity contribution in [2.45, 2.75) is 51.0 Å². The largest absolute Gasteiger partial charge is 0.397 e. The van der Waals surface area contributed by atoms with Gasteiger partial charge in [-0.15, -0.1) is 0 Å². The Kier molecular flexibility index (Phi) is 4.13. The summed E-state index contributed by atoms with van der Waals surface area (Å²) in [5.74, 6) is 0.550. The summed E-state index contributed by atoms with van der Waals surface area (Å²) in [6.45, 7) is 0.816. The van der Waals surface area contributed by atoms with Crippen molar-refractivity contribution in [2.75, 3.05) is 11.5 Å². The van der Waals surface area contributed by atoms with Crippen LogP contribution in [0, 0.1) is 0 Å². The fraction of sp³-hybridized carbons (Fsp3) is 0.471. The molecule has 1 heterocycles. The topological polar surface area (TPSA) is 69.9 Å². The van der Waals surface area contributed by atoms with Gasteiger partial charge in [-0.25, -0.2) is 4.98 Å². The molecule has 0 unspecified atom stereocenters. The number of benzene rings is 1. The summed E-state index contributed by atoms with van der Waals surface area (Å²) in [5, 5.41) is 0. The number of nitrogens with zero attached hydrogens (tertiary/aromatic N) is 2. The Bertz CT molecular complexity index is 581. The molecule has 0 radical (unpaired) electrons. The molecule has 1 aliphatic rings. The van der Waals surface area contributed by atoms with Gasteiger partial charge in [0.25, 0.3) is 0 Å². The molecule has 4 heteroatoms. The van der Waals surface area contributed by atoms with Gasteiger partial charge in [0.05, 0.1) is 17.7 Å². The number of aromatic nitrogens is 2. The van der Waals surface area contributed by atoms with E-state index in [2.05, 4.69) is 15.6 Å². The molecular formula is C17H24N4. The molecular weight excluding hydrogens is 260 g/mol. The fourth-order valence-corrected chi connectivity index (χ4v) is 3.46. The summed E-state index contributed by atoms with van der Waals surface area (Å²) < 4.78 is 2.09. The van der Waals surface area contributed by atoms with Crippen LogP contribution in [0.25, 0.3) is 0 Å². The maximum absolute atomic E-state index is 6.34. The Hall–Kier alpha value is -1.97. The van der Waals surface area contributed by atoms with Crippen LogP contribution in [0.4, 0.5) is 11.4 Å². The molecule has 1 aromatic heterocycles. The predicted molar refractivity (Wildman–Crippen MR) is 87.0 cm³/mol. The Morgan fingerprint density at radius 2 is 1.86 bits per heavy atom. The molecule has 0 bridgehead atoms. The zero-order valence-electron chi connectivity index (χ0n) is 12.5. The van der Waals surface area contributed by atoms with Crippen LogP contribution < -0.4 is 11.5 Å². The monoisotopic (exact) mass is 284 g/mol. The molecule has 0 atom stereocenters. The molecule has 4 nitrogen and oxygen atoms in total. The summed E-state index contributed by atoms with van der Waals surface area (Å²) in [6.07, 6.45) is 13.4. The van der Waals surface area contributed by atoms with E-state index in [-0.39, 0.29) is 0 Å². The van der Waals surface area contributed by atoms with Gasteiger partial charge in [0.15, 0.2) is 0 Å². The highest BCUT2D eigenvalue weighted by Crippen LogP contribution is 2.39. The average molecular weight is 284 g/mol. The summed E-state index contributed by atoms with van der Waals surface area (Å²) in [7, 11) is 0. The molecule has 3 rings (SSSR count). The second-order valence-corrected chi connectivity index (χ2v) is 6.06. The lowest BCUT2D eigenvalue weighted by molar-refractivity contribution is 0.586. The summed E-state index contributed by atoms with van der Waals surface area (Å²) in [6, 6.07) is 4.06. The molecule has 0 amide bonds. The maximum Gasteiger partial charge on any atom is 0.0949 e. The Morgan fingerprint density at radius 3 is 2.52 bits per heavy atom. The van der Waals surface area contributed by atoms with Crippen LogP contribution in [0.2, 0.25) is 0 Å². The first-order chi connectivity index (χ1) is 10.3. The van der Waals surface area contributed by atoms with Crippen molar-refractivity contribution < 1.29 is 0 Å². The van der Waals surface area contributed by atoms with Gasteiger partial charge < -0.3 is 16.0 Å². The van der Waals surface area contributed by atoms with Crippen LogP contribution in [0.15, 0.2) is 30.9 Å². The van der Waals surface area contributed by atoms with E-state index >= 15 is 0 Å². The normalized spacial score (nSPS) is 16.8. The minimum absolute atomic E-state index is 0.550. The SMILES string of the molecule is Nc1ccc(Cn2ccnc2)c(C2CCCCCC2)c1N. The van der Waals surface area contributed by atoms with Gasteiger partial charge in [-0.05, 0) is 36.0 Å². The molecule has 2 aromatic rings. The third kappa shape index (κ3) is 3.04. The minimum atomic E-state index is 0.550. The van der Waals surface area contributed by atoms with E-state index in [1.807, 2.05) is 24.8 Å². The number of hydrogen-bond acceptors (Lipinski definition) is 3. The third-order valence-corrected chi connectivity index (χ3v) is 4.59. The Labute approximate surface area is 126 Å². The molecule has 0 saturated heterocycles. The van der Waals surface area contributed by atoms with Crippen molar-refractivity contribution in [3.63, 3.8) is 0 Å². The van der Waals surface area contributed by atoms with Gasteiger partial charge in [-0.1, -0.05) is 31.7 Å². The predicted octanol–water partition coefficient (Wildman–Crippen LogP) is 3.53. The quantitative estimate of drug-likeness (QED) is 0.669. The first-order valence-corrected chi connectivity index (χ1v) is 7.88. The number of anilines is 2. The van der Waals surface area contributed by atoms with Gasteiger partial charge in [0.1, 0.15) is 0 Å². The molecule has 21 heavy (non-hydrogen) atoms. The van der Waals surface area contributed by atoms with E-state index in [4.69, 9.17) is 11.5 Å². The van der Waals surface area contributed by atoms with E-state index in [1.165, 1.54) is 49.7 Å². The Morgan fingerprint density at radius 1 is 1.10 bits per heavy atom. The van der Waals surface area contributed by atoms with E-state index in [0.717, 1.165) is 12.2 Å². The Balaban J connectivity index is 1.96. The highest BCUT2D eigenvalue weighted by molar-refractivity contribution is 5.70. The van der Waals surface area contributed by atoms with E-state index in [9.17, 15) is 0 Å². The molecule has 1 aromatic carbocycles. The van der Waals surface area contributed by atoms with Crippen molar-refractivity contribution in [1.82, 2.24) is 9.55 Å². The van der Waals surface area contributed by atoms with Crippen LogP contribution in [0.1, 0.15) is 55.6 Å². The van der Waals surface area contributed by atoms with Crippen LogP contribution >= 0.6 is 0 Å². The van der Waals surface area contributed by atoms with Crippen LogP contribution in [0.5, 0.6) is 0 Å². The maximum atomic E-state index is 6.34. The van der Waals surface area contributed by atoms with Crippen LogP contribution in [-0.4, -0.2) is 9.55 Å². The van der Waals surface area contributed by atoms with Gasteiger partial charge >= 0.3 is 0 Å². The fourth-order valence-electron chi connectivity index (χ4n) is 3.46. The summed E-state index contributed by atoms with van der Waals surface area (Å²) in [5.41, 5.74) is 16.5. The third-order valence-electron chi connectivity index (χ3n) is 4.59. The number of rotatable bonds is 3. The number of imidazole rings is 1. The van der Waals surface area contributed by atoms with Crippen LogP contribution in [-0.2, 0) is 6.54 Å². The number of nitrogen functional groups attached to an aromatic ring is 2. The lowest BCUT2D eigenvalue weighted by Gasteiger charge is -2.22. The zero-order valence-corrected chi connectivity index (χ0v) is 12.5. The van der Waals surface area contributed by atoms with Gasteiger partial charge in [-0.2, -0.15) is 0 Å². The molecule has 1 fully saturated rings. The van der Waals surface area contributed by atoms with Crippen molar-refractivity contribution in [3.8, 4) is 0 Å². The summed E-state index contributed by atoms with van der Waals surface area (Å²) in [4.78, 5) is 4.12. The van der Waals surface area contributed by atoms with Gasteiger partial charge in [-0.3, -0.25) is 0 Å². The minimum Gasteiger partial charge on any atom is -0.397 e. The van der Waals surface area contributed by atoms with E-state index in [1.54, 1.807) is 0 Å². The smallest absolute Gasteiger partial charge is 0.0949 e. The lowest BCUT2D eigenvalue weighted by Crippen LogP contribution is -2.11. The molecule has 0 aliphatic heterocycles. The van der Waals surface area contributed by atoms with Crippen molar-refractivity contribution in [2.24, 2.45) is 0 Å². The first kappa shape index (κ1) is 14.0. The second kappa shape index (κ2) is 6.20. The standard InChI is InChI=1S/C17H24N4/c18-15-8-7-14(11-21-10-9-20-12-21)16(17(15)19)13-5-3-1-2-4-6-13/h7-10,12-13H,1-6,11,18-19H2.